The molecule has 0 aromatic heterocycles. The normalized spacial score (nSPS) is 10.1. The smallest absolute Gasteiger partial charge is 0.321 e. The predicted molar refractivity (Wildman–Crippen MR) is 82.4 cm³/mol. The standard InChI is InChI=1S/C14H20N2O3S/c1-20-11-9-15-14(19)16(10-5-8-13(17)18)12-6-3-2-4-7-12/h2-4,6-7H,5,8-11H2,1H3,(H,15,19)(H,17,18). The first-order chi connectivity index (χ1) is 9.65. The molecule has 1 aromatic rings. The summed E-state index contributed by atoms with van der Waals surface area (Å²) in [5, 5.41) is 11.5. The molecule has 1 rings (SSSR count). The SMILES string of the molecule is CSCCNC(=O)N(CCCC(=O)O)c1ccccc1. The number of rotatable bonds is 8. The van der Waals surface area contributed by atoms with Gasteiger partial charge in [-0.15, -0.1) is 0 Å². The highest BCUT2D eigenvalue weighted by Crippen LogP contribution is 2.14. The summed E-state index contributed by atoms with van der Waals surface area (Å²) in [6, 6.07) is 9.09. The quantitative estimate of drug-likeness (QED) is 0.723. The zero-order valence-electron chi connectivity index (χ0n) is 11.5. The van der Waals surface area contributed by atoms with Gasteiger partial charge < -0.3 is 10.4 Å². The Bertz CT molecular complexity index is 426. The van der Waals surface area contributed by atoms with Crippen molar-refractivity contribution in [3.63, 3.8) is 0 Å². The number of carbonyl (C=O) groups is 2. The predicted octanol–water partition coefficient (Wildman–Crippen LogP) is 2.43. The third-order valence-electron chi connectivity index (χ3n) is 2.67. The Balaban J connectivity index is 2.63. The lowest BCUT2D eigenvalue weighted by molar-refractivity contribution is -0.137. The molecule has 0 heterocycles. The number of benzene rings is 1. The maximum Gasteiger partial charge on any atom is 0.321 e. The van der Waals surface area contributed by atoms with Gasteiger partial charge in [-0.2, -0.15) is 11.8 Å². The Kier molecular flexibility index (Phi) is 7.57. The van der Waals surface area contributed by atoms with Crippen molar-refractivity contribution in [2.45, 2.75) is 12.8 Å². The number of anilines is 1. The zero-order chi connectivity index (χ0) is 14.8. The van der Waals surface area contributed by atoms with Gasteiger partial charge in [-0.05, 0) is 24.8 Å². The summed E-state index contributed by atoms with van der Waals surface area (Å²) in [5.41, 5.74) is 0.777. The summed E-state index contributed by atoms with van der Waals surface area (Å²) in [4.78, 5) is 24.3. The molecule has 0 saturated heterocycles. The van der Waals surface area contributed by atoms with E-state index in [9.17, 15) is 9.59 Å². The second kappa shape index (κ2) is 9.25. The van der Waals surface area contributed by atoms with Gasteiger partial charge in [-0.25, -0.2) is 4.79 Å². The van der Waals surface area contributed by atoms with Gasteiger partial charge in [-0.3, -0.25) is 9.69 Å². The number of hydrogen-bond acceptors (Lipinski definition) is 3. The number of carbonyl (C=O) groups excluding carboxylic acids is 1. The van der Waals surface area contributed by atoms with Crippen LogP contribution in [0.25, 0.3) is 0 Å². The monoisotopic (exact) mass is 296 g/mol. The summed E-state index contributed by atoms with van der Waals surface area (Å²) in [5.74, 6) is 0.00421. The first-order valence-electron chi connectivity index (χ1n) is 6.46. The second-order valence-electron chi connectivity index (χ2n) is 4.21. The fraction of sp³-hybridized carbons (Fsp3) is 0.429. The molecule has 0 aliphatic carbocycles. The Morgan fingerprint density at radius 3 is 2.60 bits per heavy atom. The first kappa shape index (κ1) is 16.4. The van der Waals surface area contributed by atoms with Gasteiger partial charge >= 0.3 is 12.0 Å². The van der Waals surface area contributed by atoms with E-state index in [1.807, 2.05) is 36.6 Å². The molecule has 1 aromatic carbocycles. The minimum atomic E-state index is -0.846. The van der Waals surface area contributed by atoms with Crippen LogP contribution >= 0.6 is 11.8 Å². The summed E-state index contributed by atoms with van der Waals surface area (Å²) in [7, 11) is 0. The molecule has 0 aliphatic heterocycles. The first-order valence-corrected chi connectivity index (χ1v) is 7.85. The van der Waals surface area contributed by atoms with Crippen molar-refractivity contribution in [1.29, 1.82) is 0 Å². The highest BCUT2D eigenvalue weighted by atomic mass is 32.2. The third kappa shape index (κ3) is 5.97. The van der Waals surface area contributed by atoms with E-state index in [2.05, 4.69) is 5.32 Å². The van der Waals surface area contributed by atoms with Crippen molar-refractivity contribution in [3.8, 4) is 0 Å². The molecule has 0 aliphatic rings. The summed E-state index contributed by atoms with van der Waals surface area (Å²) < 4.78 is 0. The number of hydrogen-bond donors (Lipinski definition) is 2. The Morgan fingerprint density at radius 1 is 1.30 bits per heavy atom. The maximum absolute atomic E-state index is 12.2. The Labute approximate surface area is 123 Å². The van der Waals surface area contributed by atoms with E-state index in [4.69, 9.17) is 5.11 Å². The molecule has 0 spiro atoms. The number of thioether (sulfide) groups is 1. The molecular formula is C14H20N2O3S. The fourth-order valence-electron chi connectivity index (χ4n) is 1.70. The van der Waals surface area contributed by atoms with Crippen molar-refractivity contribution in [2.75, 3.05) is 30.0 Å². The molecular weight excluding hydrogens is 276 g/mol. The van der Waals surface area contributed by atoms with Crippen LogP contribution in [0.3, 0.4) is 0 Å². The van der Waals surface area contributed by atoms with Gasteiger partial charge in [0, 0.05) is 31.0 Å². The molecule has 20 heavy (non-hydrogen) atoms. The van der Waals surface area contributed by atoms with Crippen LogP contribution in [0.4, 0.5) is 10.5 Å². The molecule has 5 nitrogen and oxygen atoms in total. The molecule has 0 bridgehead atoms. The van der Waals surface area contributed by atoms with E-state index in [1.165, 1.54) is 0 Å². The second-order valence-corrected chi connectivity index (χ2v) is 5.19. The average Bonchev–Trinajstić information content (AvgIpc) is 2.44. The lowest BCUT2D eigenvalue weighted by atomic mass is 10.2. The molecule has 6 heteroatoms. The Hall–Kier alpha value is -1.69. The number of para-hydroxylation sites is 1. The number of carboxylic acid groups (broad SMARTS) is 1. The molecule has 0 radical (unpaired) electrons. The van der Waals surface area contributed by atoms with E-state index >= 15 is 0 Å². The minimum absolute atomic E-state index is 0.0570. The van der Waals surface area contributed by atoms with E-state index in [0.29, 0.717) is 19.5 Å². The highest BCUT2D eigenvalue weighted by Gasteiger charge is 2.15. The van der Waals surface area contributed by atoms with Crippen molar-refractivity contribution in [2.24, 2.45) is 0 Å². The minimum Gasteiger partial charge on any atom is -0.481 e. The Morgan fingerprint density at radius 2 is 2.00 bits per heavy atom. The highest BCUT2D eigenvalue weighted by molar-refractivity contribution is 7.98. The molecule has 0 unspecified atom stereocenters. The number of nitrogens with one attached hydrogen (secondary N) is 1. The van der Waals surface area contributed by atoms with Crippen molar-refractivity contribution in [3.05, 3.63) is 30.3 Å². The number of nitrogens with zero attached hydrogens (tertiary/aromatic N) is 1. The molecule has 0 saturated carbocycles. The maximum atomic E-state index is 12.2. The largest absolute Gasteiger partial charge is 0.481 e. The van der Waals surface area contributed by atoms with Gasteiger partial charge in [-0.1, -0.05) is 18.2 Å². The van der Waals surface area contributed by atoms with Gasteiger partial charge in [0.1, 0.15) is 0 Å². The van der Waals surface area contributed by atoms with Crippen molar-refractivity contribution in [1.82, 2.24) is 5.32 Å². The van der Waals surface area contributed by atoms with E-state index in [0.717, 1.165) is 11.4 Å². The average molecular weight is 296 g/mol. The van der Waals surface area contributed by atoms with Crippen molar-refractivity contribution >= 4 is 29.4 Å². The van der Waals surface area contributed by atoms with Crippen LogP contribution in [0.5, 0.6) is 0 Å². The van der Waals surface area contributed by atoms with Gasteiger partial charge in [0.25, 0.3) is 0 Å². The van der Waals surface area contributed by atoms with Crippen LogP contribution in [-0.2, 0) is 4.79 Å². The van der Waals surface area contributed by atoms with Crippen LogP contribution in [-0.4, -0.2) is 42.2 Å². The summed E-state index contributed by atoms with van der Waals surface area (Å²) >= 11 is 1.66. The molecule has 2 amide bonds. The van der Waals surface area contributed by atoms with Gasteiger partial charge in [0.05, 0.1) is 0 Å². The molecule has 0 atom stereocenters. The number of carboxylic acids is 1. The lowest BCUT2D eigenvalue weighted by Gasteiger charge is -2.23. The van der Waals surface area contributed by atoms with Crippen LogP contribution in [0.15, 0.2) is 30.3 Å². The number of urea groups is 1. The van der Waals surface area contributed by atoms with E-state index in [-0.39, 0.29) is 12.5 Å². The van der Waals surface area contributed by atoms with Gasteiger partial charge in [0.2, 0.25) is 0 Å². The lowest BCUT2D eigenvalue weighted by Crippen LogP contribution is -2.41. The topological polar surface area (TPSA) is 69.6 Å². The van der Waals surface area contributed by atoms with Crippen molar-refractivity contribution < 1.29 is 14.7 Å². The van der Waals surface area contributed by atoms with Crippen LogP contribution in [0.1, 0.15) is 12.8 Å². The molecule has 2 N–H and O–H groups in total. The van der Waals surface area contributed by atoms with Crippen LogP contribution in [0.2, 0.25) is 0 Å². The summed E-state index contributed by atoms with van der Waals surface area (Å²) in [6.07, 6.45) is 2.47. The number of aliphatic carboxylic acids is 1. The van der Waals surface area contributed by atoms with Gasteiger partial charge in [0.15, 0.2) is 0 Å². The van der Waals surface area contributed by atoms with Crippen LogP contribution in [0, 0.1) is 0 Å². The third-order valence-corrected chi connectivity index (χ3v) is 3.28. The summed E-state index contributed by atoms with van der Waals surface area (Å²) in [6.45, 7) is 0.990. The molecule has 0 fully saturated rings. The molecule has 110 valence electrons. The number of amides is 2. The zero-order valence-corrected chi connectivity index (χ0v) is 12.4. The van der Waals surface area contributed by atoms with E-state index in [1.54, 1.807) is 16.7 Å². The fourth-order valence-corrected chi connectivity index (χ4v) is 2.01. The van der Waals surface area contributed by atoms with Crippen LogP contribution < -0.4 is 10.2 Å². The van der Waals surface area contributed by atoms with E-state index < -0.39 is 5.97 Å².